The van der Waals surface area contributed by atoms with Crippen molar-refractivity contribution in [3.8, 4) is 0 Å². The molecule has 3 rings (SSSR count). The van der Waals surface area contributed by atoms with Crippen LogP contribution in [0.25, 0.3) is 0 Å². The lowest BCUT2D eigenvalue weighted by Crippen LogP contribution is -2.40. The van der Waals surface area contributed by atoms with E-state index in [0.717, 1.165) is 6.42 Å². The van der Waals surface area contributed by atoms with Crippen molar-refractivity contribution in [1.82, 2.24) is 9.80 Å². The van der Waals surface area contributed by atoms with Gasteiger partial charge in [0.15, 0.2) is 5.03 Å². The van der Waals surface area contributed by atoms with Crippen LogP contribution in [-0.2, 0) is 4.74 Å². The summed E-state index contributed by atoms with van der Waals surface area (Å²) in [6.45, 7) is 3.91. The lowest BCUT2D eigenvalue weighted by Gasteiger charge is -2.22. The highest BCUT2D eigenvalue weighted by atomic mass is 35.5. The number of nitro groups is 1. The first-order chi connectivity index (χ1) is 12.3. The summed E-state index contributed by atoms with van der Waals surface area (Å²) in [6, 6.07) is 4.52. The molecule has 2 unspecified atom stereocenters. The van der Waals surface area contributed by atoms with Gasteiger partial charge in [0.05, 0.1) is 23.3 Å². The normalized spacial score (nSPS) is 24.5. The van der Waals surface area contributed by atoms with E-state index in [0.29, 0.717) is 31.3 Å². The van der Waals surface area contributed by atoms with Crippen LogP contribution in [-0.4, -0.2) is 59.0 Å². The molecule has 140 valence electrons. The molecular formula is C16H18Cl2N4O4. The third kappa shape index (κ3) is 4.08. The topological polar surface area (TPSA) is 88.3 Å². The Morgan fingerprint density at radius 3 is 2.81 bits per heavy atom. The predicted octanol–water partition coefficient (Wildman–Crippen LogP) is 2.72. The van der Waals surface area contributed by atoms with Crippen LogP contribution in [0.5, 0.6) is 0 Å². The number of hydrogen-bond acceptors (Lipinski definition) is 4. The van der Waals surface area contributed by atoms with Crippen LogP contribution in [0.15, 0.2) is 23.3 Å². The molecule has 0 radical (unpaired) electrons. The summed E-state index contributed by atoms with van der Waals surface area (Å²) >= 11 is 12.0. The number of hydrogen-bond donors (Lipinski definition) is 0. The molecule has 2 heterocycles. The van der Waals surface area contributed by atoms with Gasteiger partial charge in [-0.05, 0) is 31.5 Å². The van der Waals surface area contributed by atoms with E-state index in [1.807, 2.05) is 6.92 Å². The van der Waals surface area contributed by atoms with Crippen LogP contribution in [0.1, 0.15) is 23.7 Å². The zero-order valence-corrected chi connectivity index (χ0v) is 15.6. The van der Waals surface area contributed by atoms with Gasteiger partial charge in [0, 0.05) is 30.6 Å². The number of nitrogens with zero attached hydrogens (tertiary/aromatic N) is 4. The third-order valence-corrected chi connectivity index (χ3v) is 5.00. The molecular weight excluding hydrogens is 383 g/mol. The smallest absolute Gasteiger partial charge is 0.281 e. The molecule has 0 aliphatic carbocycles. The standard InChI is InChI=1S/C16H18Cl2N4O4/c1-10-6-11(9-26-10)8-20-4-5-21(16(20)19-22(24)25)15(23)13-3-2-12(17)7-14(13)18/h2-3,7,10-11H,4-6,8-9H2,1H3. The minimum absolute atomic E-state index is 0.0329. The first-order valence-electron chi connectivity index (χ1n) is 8.21. The van der Waals surface area contributed by atoms with Gasteiger partial charge in [0.2, 0.25) is 0 Å². The largest absolute Gasteiger partial charge is 0.378 e. The molecule has 1 aromatic rings. The molecule has 0 aromatic heterocycles. The van der Waals surface area contributed by atoms with Gasteiger partial charge in [-0.15, -0.1) is 0 Å². The van der Waals surface area contributed by atoms with Gasteiger partial charge in [-0.2, -0.15) is 0 Å². The van der Waals surface area contributed by atoms with Crippen molar-refractivity contribution in [2.24, 2.45) is 11.0 Å². The van der Waals surface area contributed by atoms with E-state index < -0.39 is 10.9 Å². The second-order valence-electron chi connectivity index (χ2n) is 6.41. The molecule has 1 aromatic carbocycles. The Morgan fingerprint density at radius 1 is 1.42 bits per heavy atom. The summed E-state index contributed by atoms with van der Waals surface area (Å²) in [4.78, 5) is 26.9. The summed E-state index contributed by atoms with van der Waals surface area (Å²) < 4.78 is 5.55. The number of halogens is 2. The van der Waals surface area contributed by atoms with Crippen molar-refractivity contribution < 1.29 is 14.6 Å². The first-order valence-corrected chi connectivity index (χ1v) is 8.97. The summed E-state index contributed by atoms with van der Waals surface area (Å²) in [5, 5.41) is 14.3. The average Bonchev–Trinajstić information content (AvgIpc) is 3.14. The fourth-order valence-corrected chi connectivity index (χ4v) is 3.79. The van der Waals surface area contributed by atoms with Crippen molar-refractivity contribution in [3.63, 3.8) is 0 Å². The van der Waals surface area contributed by atoms with Crippen molar-refractivity contribution >= 4 is 35.1 Å². The molecule has 0 N–H and O–H groups in total. The number of carbonyl (C=O) groups is 1. The van der Waals surface area contributed by atoms with E-state index in [2.05, 4.69) is 5.10 Å². The Morgan fingerprint density at radius 2 is 2.19 bits per heavy atom. The summed E-state index contributed by atoms with van der Waals surface area (Å²) in [5.41, 5.74) is 0.229. The Bertz CT molecular complexity index is 758. The fraction of sp³-hybridized carbons (Fsp3) is 0.500. The maximum Gasteiger partial charge on any atom is 0.281 e. The fourth-order valence-electron chi connectivity index (χ4n) is 3.30. The Labute approximate surface area is 160 Å². The monoisotopic (exact) mass is 400 g/mol. The minimum Gasteiger partial charge on any atom is -0.378 e. The van der Waals surface area contributed by atoms with Gasteiger partial charge in [-0.25, -0.2) is 10.1 Å². The lowest BCUT2D eigenvalue weighted by molar-refractivity contribution is -0.486. The second-order valence-corrected chi connectivity index (χ2v) is 7.25. The summed E-state index contributed by atoms with van der Waals surface area (Å²) in [5.74, 6) is -0.160. The van der Waals surface area contributed by atoms with Gasteiger partial charge >= 0.3 is 0 Å². The molecule has 2 aliphatic rings. The zero-order valence-electron chi connectivity index (χ0n) is 14.1. The zero-order chi connectivity index (χ0) is 18.8. The van der Waals surface area contributed by atoms with Crippen molar-refractivity contribution in [1.29, 1.82) is 0 Å². The van der Waals surface area contributed by atoms with Crippen molar-refractivity contribution in [2.75, 3.05) is 26.2 Å². The SMILES string of the molecule is CC1CC(CN2CCN(C(=O)c3ccc(Cl)cc3Cl)C2=N[N+](=O)[O-])CO1. The van der Waals surface area contributed by atoms with Crippen LogP contribution in [0.2, 0.25) is 10.0 Å². The molecule has 0 saturated carbocycles. The molecule has 2 saturated heterocycles. The number of benzene rings is 1. The van der Waals surface area contributed by atoms with E-state index in [1.54, 1.807) is 11.0 Å². The lowest BCUT2D eigenvalue weighted by atomic mass is 10.1. The molecule has 1 amide bonds. The highest BCUT2D eigenvalue weighted by Gasteiger charge is 2.37. The molecule has 0 spiro atoms. The van der Waals surface area contributed by atoms with Crippen molar-refractivity contribution in [2.45, 2.75) is 19.4 Å². The molecule has 0 bridgehead atoms. The average molecular weight is 401 g/mol. The maximum atomic E-state index is 12.8. The van der Waals surface area contributed by atoms with Gasteiger partial charge in [0.1, 0.15) is 5.10 Å². The van der Waals surface area contributed by atoms with E-state index in [-0.39, 0.29) is 28.6 Å². The second kappa shape index (κ2) is 7.77. The van der Waals surface area contributed by atoms with Crippen LogP contribution < -0.4 is 0 Å². The molecule has 26 heavy (non-hydrogen) atoms. The first kappa shape index (κ1) is 18.9. The number of guanidine groups is 1. The van der Waals surface area contributed by atoms with Crippen LogP contribution in [0.4, 0.5) is 0 Å². The van der Waals surface area contributed by atoms with Crippen LogP contribution in [0, 0.1) is 16.0 Å². The highest BCUT2D eigenvalue weighted by molar-refractivity contribution is 6.37. The third-order valence-electron chi connectivity index (χ3n) is 4.46. The van der Waals surface area contributed by atoms with Gasteiger partial charge < -0.3 is 9.64 Å². The Kier molecular flexibility index (Phi) is 5.64. The van der Waals surface area contributed by atoms with E-state index >= 15 is 0 Å². The summed E-state index contributed by atoms with van der Waals surface area (Å²) in [7, 11) is 0. The molecule has 10 heteroatoms. The van der Waals surface area contributed by atoms with Gasteiger partial charge in [-0.1, -0.05) is 23.2 Å². The van der Waals surface area contributed by atoms with E-state index in [9.17, 15) is 14.9 Å². The van der Waals surface area contributed by atoms with Gasteiger partial charge in [-0.3, -0.25) is 9.69 Å². The number of rotatable bonds is 4. The Balaban J connectivity index is 1.82. The van der Waals surface area contributed by atoms with Crippen LogP contribution >= 0.6 is 23.2 Å². The summed E-state index contributed by atoms with van der Waals surface area (Å²) in [6.07, 6.45) is 1.04. The maximum absolute atomic E-state index is 12.8. The number of ether oxygens (including phenoxy) is 1. The minimum atomic E-state index is -0.787. The quantitative estimate of drug-likeness (QED) is 0.572. The van der Waals surface area contributed by atoms with Crippen molar-refractivity contribution in [3.05, 3.63) is 43.9 Å². The molecule has 2 fully saturated rings. The Hall–Kier alpha value is -1.90. The van der Waals surface area contributed by atoms with Crippen LogP contribution in [0.3, 0.4) is 0 Å². The predicted molar refractivity (Wildman–Crippen MR) is 97.0 cm³/mol. The number of carbonyl (C=O) groups excluding carboxylic acids is 1. The molecule has 2 aliphatic heterocycles. The molecule has 8 nitrogen and oxygen atoms in total. The number of amides is 1. The van der Waals surface area contributed by atoms with E-state index in [1.165, 1.54) is 17.0 Å². The van der Waals surface area contributed by atoms with E-state index in [4.69, 9.17) is 27.9 Å². The van der Waals surface area contributed by atoms with Gasteiger partial charge in [0.25, 0.3) is 11.9 Å². The highest BCUT2D eigenvalue weighted by Crippen LogP contribution is 2.26. The molecule has 2 atom stereocenters. The number of hydrazone groups is 1.